The van der Waals surface area contributed by atoms with E-state index in [0.29, 0.717) is 6.61 Å². The van der Waals surface area contributed by atoms with Crippen molar-refractivity contribution in [1.29, 1.82) is 0 Å². The lowest BCUT2D eigenvalue weighted by Crippen LogP contribution is -2.24. The van der Waals surface area contributed by atoms with E-state index in [-0.39, 0.29) is 6.04 Å². The van der Waals surface area contributed by atoms with Crippen LogP contribution < -0.4 is 10.1 Å². The van der Waals surface area contributed by atoms with Gasteiger partial charge in [0.15, 0.2) is 0 Å². The van der Waals surface area contributed by atoms with Gasteiger partial charge in [-0.2, -0.15) is 0 Å². The van der Waals surface area contributed by atoms with Gasteiger partial charge in [0.2, 0.25) is 0 Å². The van der Waals surface area contributed by atoms with E-state index in [0.717, 1.165) is 18.0 Å². The third-order valence-corrected chi connectivity index (χ3v) is 3.46. The molecular weight excluding hydrogens is 292 g/mol. The number of tetrazole rings is 1. The predicted molar refractivity (Wildman–Crippen MR) is 85.3 cm³/mol. The second-order valence-corrected chi connectivity index (χ2v) is 5.06. The quantitative estimate of drug-likeness (QED) is 0.670. The summed E-state index contributed by atoms with van der Waals surface area (Å²) in [7, 11) is 0. The van der Waals surface area contributed by atoms with Gasteiger partial charge >= 0.3 is 0 Å². The lowest BCUT2D eigenvalue weighted by atomic mass is 10.1. The molecule has 1 N–H and O–H groups in total. The van der Waals surface area contributed by atoms with Crippen molar-refractivity contribution in [3.05, 3.63) is 60.7 Å². The molecule has 1 aromatic carbocycles. The SMILES string of the molecule is C[C@@H](NCCOc1cccnc1)c1ccc(-n2cnnn2)cc1. The van der Waals surface area contributed by atoms with E-state index < -0.39 is 0 Å². The first kappa shape index (κ1) is 15.1. The maximum absolute atomic E-state index is 5.61. The van der Waals surface area contributed by atoms with E-state index in [2.05, 4.69) is 44.9 Å². The molecule has 0 radical (unpaired) electrons. The van der Waals surface area contributed by atoms with Gasteiger partial charge in [0.25, 0.3) is 0 Å². The standard InChI is InChI=1S/C16H18N6O/c1-13(18-9-10-23-16-3-2-8-17-11-16)14-4-6-15(7-5-14)22-12-19-20-21-22/h2-8,11-13,18H,9-10H2,1H3/t13-/m1/s1. The molecule has 0 bridgehead atoms. The highest BCUT2D eigenvalue weighted by atomic mass is 16.5. The Morgan fingerprint density at radius 1 is 1.22 bits per heavy atom. The molecule has 7 nitrogen and oxygen atoms in total. The zero-order chi connectivity index (χ0) is 15.9. The fourth-order valence-corrected chi connectivity index (χ4v) is 2.19. The Hall–Kier alpha value is -2.80. The molecule has 2 aromatic heterocycles. The Balaban J connectivity index is 1.47. The summed E-state index contributed by atoms with van der Waals surface area (Å²) in [6.45, 7) is 3.47. The molecule has 7 heteroatoms. The van der Waals surface area contributed by atoms with Crippen LogP contribution in [0, 0.1) is 0 Å². The molecule has 23 heavy (non-hydrogen) atoms. The number of rotatable bonds is 7. The maximum atomic E-state index is 5.61. The van der Waals surface area contributed by atoms with Gasteiger partial charge in [0.05, 0.1) is 11.9 Å². The maximum Gasteiger partial charge on any atom is 0.143 e. The van der Waals surface area contributed by atoms with Crippen molar-refractivity contribution in [3.8, 4) is 11.4 Å². The Labute approximate surface area is 134 Å². The van der Waals surface area contributed by atoms with Gasteiger partial charge in [0.1, 0.15) is 18.7 Å². The largest absolute Gasteiger partial charge is 0.491 e. The van der Waals surface area contributed by atoms with Crippen LogP contribution in [0.1, 0.15) is 18.5 Å². The van der Waals surface area contributed by atoms with Crippen molar-refractivity contribution < 1.29 is 4.74 Å². The minimum absolute atomic E-state index is 0.232. The van der Waals surface area contributed by atoms with Crippen LogP contribution >= 0.6 is 0 Å². The zero-order valence-corrected chi connectivity index (χ0v) is 12.8. The van der Waals surface area contributed by atoms with Crippen molar-refractivity contribution in [3.63, 3.8) is 0 Å². The summed E-state index contributed by atoms with van der Waals surface area (Å²) in [6, 6.07) is 12.1. The Morgan fingerprint density at radius 3 is 2.78 bits per heavy atom. The van der Waals surface area contributed by atoms with Gasteiger partial charge in [0, 0.05) is 18.8 Å². The number of benzene rings is 1. The highest BCUT2D eigenvalue weighted by Crippen LogP contribution is 2.14. The van der Waals surface area contributed by atoms with E-state index in [1.54, 1.807) is 23.4 Å². The van der Waals surface area contributed by atoms with E-state index in [4.69, 9.17) is 4.74 Å². The molecule has 0 aliphatic rings. The van der Waals surface area contributed by atoms with E-state index >= 15 is 0 Å². The van der Waals surface area contributed by atoms with Gasteiger partial charge < -0.3 is 10.1 Å². The predicted octanol–water partition coefficient (Wildman–Crippen LogP) is 1.79. The minimum atomic E-state index is 0.232. The molecule has 0 spiro atoms. The summed E-state index contributed by atoms with van der Waals surface area (Å²) in [6.07, 6.45) is 5.01. The second kappa shape index (κ2) is 7.46. The molecular formula is C16H18N6O. The highest BCUT2D eigenvalue weighted by molar-refractivity contribution is 5.34. The summed E-state index contributed by atoms with van der Waals surface area (Å²) >= 11 is 0. The molecule has 0 saturated heterocycles. The van der Waals surface area contributed by atoms with Crippen LogP contribution in [-0.4, -0.2) is 38.3 Å². The van der Waals surface area contributed by atoms with Gasteiger partial charge in [-0.15, -0.1) is 5.10 Å². The Bertz CT molecular complexity index is 699. The van der Waals surface area contributed by atoms with Crippen LogP contribution in [-0.2, 0) is 0 Å². The van der Waals surface area contributed by atoms with Crippen molar-refractivity contribution in [2.45, 2.75) is 13.0 Å². The van der Waals surface area contributed by atoms with E-state index in [9.17, 15) is 0 Å². The first-order chi connectivity index (χ1) is 11.3. The third kappa shape index (κ3) is 4.10. The summed E-state index contributed by atoms with van der Waals surface area (Å²) in [5.74, 6) is 0.785. The smallest absolute Gasteiger partial charge is 0.143 e. The molecule has 0 aliphatic carbocycles. The number of pyridine rings is 1. The second-order valence-electron chi connectivity index (χ2n) is 5.06. The van der Waals surface area contributed by atoms with Crippen LogP contribution in [0.3, 0.4) is 0 Å². The number of ether oxygens (including phenoxy) is 1. The van der Waals surface area contributed by atoms with E-state index in [1.165, 1.54) is 5.56 Å². The summed E-state index contributed by atoms with van der Waals surface area (Å²) in [5, 5.41) is 14.6. The Morgan fingerprint density at radius 2 is 2.09 bits per heavy atom. The van der Waals surface area contributed by atoms with Crippen LogP contribution in [0.4, 0.5) is 0 Å². The van der Waals surface area contributed by atoms with Crippen molar-refractivity contribution in [1.82, 2.24) is 30.5 Å². The number of nitrogens with one attached hydrogen (secondary N) is 1. The lowest BCUT2D eigenvalue weighted by Gasteiger charge is -2.15. The van der Waals surface area contributed by atoms with Crippen molar-refractivity contribution in [2.75, 3.05) is 13.2 Å². The average molecular weight is 310 g/mol. The van der Waals surface area contributed by atoms with Gasteiger partial charge in [-0.25, -0.2) is 4.68 Å². The highest BCUT2D eigenvalue weighted by Gasteiger charge is 2.05. The molecule has 2 heterocycles. The van der Waals surface area contributed by atoms with E-state index in [1.807, 2.05) is 24.3 Å². The lowest BCUT2D eigenvalue weighted by molar-refractivity contribution is 0.306. The zero-order valence-electron chi connectivity index (χ0n) is 12.8. The van der Waals surface area contributed by atoms with Gasteiger partial charge in [-0.1, -0.05) is 12.1 Å². The van der Waals surface area contributed by atoms with Crippen molar-refractivity contribution >= 4 is 0 Å². The Kier molecular flexibility index (Phi) is 4.90. The molecule has 3 rings (SSSR count). The van der Waals surface area contributed by atoms with Gasteiger partial charge in [-0.05, 0) is 47.2 Å². The molecule has 0 saturated carbocycles. The van der Waals surface area contributed by atoms with Gasteiger partial charge in [-0.3, -0.25) is 4.98 Å². The summed E-state index contributed by atoms with van der Waals surface area (Å²) < 4.78 is 7.24. The molecule has 0 aliphatic heterocycles. The number of hydrogen-bond donors (Lipinski definition) is 1. The molecule has 3 aromatic rings. The first-order valence-corrected chi connectivity index (χ1v) is 7.42. The fraction of sp³-hybridized carbons (Fsp3) is 0.250. The van der Waals surface area contributed by atoms with Crippen LogP contribution in [0.25, 0.3) is 5.69 Å². The average Bonchev–Trinajstić information content (AvgIpc) is 3.14. The summed E-state index contributed by atoms with van der Waals surface area (Å²) in [4.78, 5) is 4.01. The van der Waals surface area contributed by atoms with Crippen molar-refractivity contribution in [2.24, 2.45) is 0 Å². The molecule has 0 unspecified atom stereocenters. The molecule has 118 valence electrons. The number of hydrogen-bond acceptors (Lipinski definition) is 6. The number of nitrogens with zero attached hydrogens (tertiary/aromatic N) is 5. The monoisotopic (exact) mass is 310 g/mol. The molecule has 1 atom stereocenters. The van der Waals surface area contributed by atoms with Crippen LogP contribution in [0.5, 0.6) is 5.75 Å². The third-order valence-electron chi connectivity index (χ3n) is 3.46. The summed E-state index contributed by atoms with van der Waals surface area (Å²) in [5.41, 5.74) is 2.13. The van der Waals surface area contributed by atoms with Crippen LogP contribution in [0.15, 0.2) is 55.1 Å². The van der Waals surface area contributed by atoms with Crippen LogP contribution in [0.2, 0.25) is 0 Å². The first-order valence-electron chi connectivity index (χ1n) is 7.42. The fourth-order valence-electron chi connectivity index (χ4n) is 2.19. The normalized spacial score (nSPS) is 12.0. The minimum Gasteiger partial charge on any atom is -0.491 e. The molecule has 0 amide bonds. The topological polar surface area (TPSA) is 77.8 Å². The number of aromatic nitrogens is 5. The molecule has 0 fully saturated rings.